The van der Waals surface area contributed by atoms with Gasteiger partial charge >= 0.3 is 0 Å². The van der Waals surface area contributed by atoms with Gasteiger partial charge in [0.05, 0.1) is 12.3 Å². The highest BCUT2D eigenvalue weighted by molar-refractivity contribution is 5.83. The van der Waals surface area contributed by atoms with Crippen molar-refractivity contribution in [3.05, 3.63) is 41.4 Å². The van der Waals surface area contributed by atoms with Gasteiger partial charge < -0.3 is 15.5 Å². The number of rotatable bonds is 3. The van der Waals surface area contributed by atoms with Gasteiger partial charge in [-0.15, -0.1) is 0 Å². The number of nitrogens with zero attached hydrogens (tertiary/aromatic N) is 3. The molecule has 3 N–H and O–H groups in total. The lowest BCUT2D eigenvalue weighted by Crippen LogP contribution is -2.20. The lowest BCUT2D eigenvalue weighted by atomic mass is 9.85. The normalized spacial score (nSPS) is 18.3. The average molecular weight is 327 g/mol. The zero-order valence-corrected chi connectivity index (χ0v) is 13.3. The first-order chi connectivity index (χ1) is 11.6. The molecule has 0 amide bonds. The summed E-state index contributed by atoms with van der Waals surface area (Å²) in [7, 11) is 0. The van der Waals surface area contributed by atoms with Crippen molar-refractivity contribution in [1.82, 2.24) is 15.0 Å². The molecule has 0 radical (unpaired) electrons. The number of nitrogens with one attached hydrogen (secondary N) is 1. The molecule has 3 aromatic rings. The first kappa shape index (κ1) is 14.9. The molecule has 7 heteroatoms. The predicted octanol–water partition coefficient (Wildman–Crippen LogP) is 3.72. The van der Waals surface area contributed by atoms with E-state index < -0.39 is 6.17 Å². The lowest BCUT2D eigenvalue weighted by molar-refractivity contribution is 0.356. The Balaban J connectivity index is 1.74. The molecule has 2 atom stereocenters. The van der Waals surface area contributed by atoms with E-state index in [1.54, 1.807) is 6.26 Å². The molecule has 24 heavy (non-hydrogen) atoms. The number of halogens is 1. The topological polar surface area (TPSA) is 89.9 Å². The minimum atomic E-state index is -1.30. The molecule has 1 unspecified atom stereocenters. The zero-order chi connectivity index (χ0) is 16.7. The number of aryl methyl sites for hydroxylation is 1. The van der Waals surface area contributed by atoms with Gasteiger partial charge in [-0.05, 0) is 49.4 Å². The maximum atomic E-state index is 13.5. The minimum Gasteiger partial charge on any atom is -0.464 e. The van der Waals surface area contributed by atoms with Crippen LogP contribution in [-0.4, -0.2) is 15.0 Å². The van der Waals surface area contributed by atoms with Crippen LogP contribution >= 0.6 is 0 Å². The summed E-state index contributed by atoms with van der Waals surface area (Å²) in [5.41, 5.74) is 9.03. The zero-order valence-electron chi connectivity index (χ0n) is 13.3. The number of fused-ring (bicyclic) bond motifs is 3. The van der Waals surface area contributed by atoms with E-state index in [0.717, 1.165) is 30.2 Å². The van der Waals surface area contributed by atoms with E-state index in [0.29, 0.717) is 5.95 Å². The standard InChI is InChI=1S/C17H18FN5O/c1-9(18)15-21-16(19)23-17(22-15)20-12-4-2-3-10-5-6-13-11(14(10)12)7-8-24-13/h5-9,12H,2-4H2,1H3,(H3,19,20,21,22,23)/t9?,12-/m1/s1. The fourth-order valence-electron chi connectivity index (χ4n) is 3.33. The summed E-state index contributed by atoms with van der Waals surface area (Å²) in [5.74, 6) is 0.368. The maximum absolute atomic E-state index is 13.5. The van der Waals surface area contributed by atoms with Crippen molar-refractivity contribution in [2.24, 2.45) is 0 Å². The van der Waals surface area contributed by atoms with Gasteiger partial charge in [-0.25, -0.2) is 4.39 Å². The second-order valence-electron chi connectivity index (χ2n) is 6.05. The van der Waals surface area contributed by atoms with E-state index in [9.17, 15) is 4.39 Å². The summed E-state index contributed by atoms with van der Waals surface area (Å²) in [6.45, 7) is 1.38. The molecule has 0 aliphatic heterocycles. The van der Waals surface area contributed by atoms with Gasteiger partial charge in [0, 0.05) is 5.39 Å². The molecule has 124 valence electrons. The van der Waals surface area contributed by atoms with Crippen molar-refractivity contribution in [2.75, 3.05) is 11.1 Å². The molecule has 2 heterocycles. The number of aromatic nitrogens is 3. The Morgan fingerprint density at radius 2 is 2.17 bits per heavy atom. The van der Waals surface area contributed by atoms with Crippen LogP contribution in [0.2, 0.25) is 0 Å². The summed E-state index contributed by atoms with van der Waals surface area (Å²) in [5, 5.41) is 4.39. The largest absolute Gasteiger partial charge is 0.464 e. The van der Waals surface area contributed by atoms with Crippen molar-refractivity contribution < 1.29 is 8.81 Å². The second-order valence-corrected chi connectivity index (χ2v) is 6.05. The molecule has 2 aromatic heterocycles. The van der Waals surface area contributed by atoms with Crippen LogP contribution in [-0.2, 0) is 6.42 Å². The molecule has 0 spiro atoms. The van der Waals surface area contributed by atoms with E-state index in [-0.39, 0.29) is 17.8 Å². The third kappa shape index (κ3) is 2.55. The molecule has 1 aromatic carbocycles. The van der Waals surface area contributed by atoms with Crippen molar-refractivity contribution in [2.45, 2.75) is 38.4 Å². The van der Waals surface area contributed by atoms with Gasteiger partial charge in [0.2, 0.25) is 11.9 Å². The highest BCUT2D eigenvalue weighted by atomic mass is 19.1. The Hall–Kier alpha value is -2.70. The van der Waals surface area contributed by atoms with Crippen molar-refractivity contribution in [3.8, 4) is 0 Å². The van der Waals surface area contributed by atoms with Crippen LogP contribution in [0.4, 0.5) is 16.3 Å². The van der Waals surface area contributed by atoms with Gasteiger partial charge in [0.25, 0.3) is 0 Å². The molecule has 0 bridgehead atoms. The Bertz CT molecular complexity index is 892. The maximum Gasteiger partial charge on any atom is 0.228 e. The molecule has 4 rings (SSSR count). The van der Waals surface area contributed by atoms with Gasteiger partial charge in [0.15, 0.2) is 12.0 Å². The Morgan fingerprint density at radius 3 is 3.00 bits per heavy atom. The third-order valence-electron chi connectivity index (χ3n) is 4.38. The van der Waals surface area contributed by atoms with Gasteiger partial charge in [-0.2, -0.15) is 15.0 Å². The van der Waals surface area contributed by atoms with Crippen molar-refractivity contribution >= 4 is 22.9 Å². The van der Waals surface area contributed by atoms with Gasteiger partial charge in [-0.3, -0.25) is 0 Å². The fraction of sp³-hybridized carbons (Fsp3) is 0.353. The van der Waals surface area contributed by atoms with E-state index in [4.69, 9.17) is 10.2 Å². The van der Waals surface area contributed by atoms with Gasteiger partial charge in [0.1, 0.15) is 5.58 Å². The molecule has 0 saturated carbocycles. The van der Waals surface area contributed by atoms with Crippen molar-refractivity contribution in [3.63, 3.8) is 0 Å². The molecule has 1 aliphatic carbocycles. The average Bonchev–Trinajstić information content (AvgIpc) is 3.03. The van der Waals surface area contributed by atoms with Crippen LogP contribution in [0.3, 0.4) is 0 Å². The number of furan rings is 1. The number of alkyl halides is 1. The molecule has 1 aliphatic rings. The van der Waals surface area contributed by atoms with Crippen LogP contribution < -0.4 is 11.1 Å². The summed E-state index contributed by atoms with van der Waals surface area (Å²) in [6, 6.07) is 6.11. The summed E-state index contributed by atoms with van der Waals surface area (Å²) in [4.78, 5) is 12.1. The number of anilines is 2. The van der Waals surface area contributed by atoms with Crippen LogP contribution in [0.5, 0.6) is 0 Å². The van der Waals surface area contributed by atoms with Crippen LogP contribution in [0.15, 0.2) is 28.9 Å². The van der Waals surface area contributed by atoms with Crippen LogP contribution in [0.25, 0.3) is 11.0 Å². The molecular weight excluding hydrogens is 309 g/mol. The smallest absolute Gasteiger partial charge is 0.228 e. The molecular formula is C17H18FN5O. The summed E-state index contributed by atoms with van der Waals surface area (Å²) >= 11 is 0. The van der Waals surface area contributed by atoms with Crippen LogP contribution in [0, 0.1) is 0 Å². The summed E-state index contributed by atoms with van der Waals surface area (Å²) < 4.78 is 19.0. The number of nitrogen functional groups attached to an aromatic ring is 1. The lowest BCUT2D eigenvalue weighted by Gasteiger charge is -2.27. The molecule has 6 nitrogen and oxygen atoms in total. The SMILES string of the molecule is CC(F)c1nc(N)nc(N[C@@H]2CCCc3ccc4occc4c32)n1. The van der Waals surface area contributed by atoms with Crippen molar-refractivity contribution in [1.29, 1.82) is 0 Å². The molecule has 0 fully saturated rings. The Morgan fingerprint density at radius 1 is 1.29 bits per heavy atom. The van der Waals surface area contributed by atoms with E-state index in [1.807, 2.05) is 12.1 Å². The Labute approximate surface area is 138 Å². The highest BCUT2D eigenvalue weighted by Gasteiger charge is 2.24. The number of nitrogens with two attached hydrogens (primary N) is 1. The van der Waals surface area contributed by atoms with E-state index in [1.165, 1.54) is 18.1 Å². The quantitative estimate of drug-likeness (QED) is 0.762. The predicted molar refractivity (Wildman–Crippen MR) is 89.3 cm³/mol. The van der Waals surface area contributed by atoms with E-state index in [2.05, 4.69) is 26.3 Å². The van der Waals surface area contributed by atoms with Gasteiger partial charge in [-0.1, -0.05) is 6.07 Å². The first-order valence-electron chi connectivity index (χ1n) is 8.03. The first-order valence-corrected chi connectivity index (χ1v) is 8.03. The van der Waals surface area contributed by atoms with E-state index >= 15 is 0 Å². The fourth-order valence-corrected chi connectivity index (χ4v) is 3.33. The second kappa shape index (κ2) is 5.74. The summed E-state index contributed by atoms with van der Waals surface area (Å²) in [6.07, 6.45) is 3.42. The highest BCUT2D eigenvalue weighted by Crippen LogP contribution is 2.37. The minimum absolute atomic E-state index is 0.0181. The van der Waals surface area contributed by atoms with Crippen LogP contribution in [0.1, 0.15) is 48.9 Å². The number of benzene rings is 1. The molecule has 0 saturated heterocycles. The third-order valence-corrected chi connectivity index (χ3v) is 4.38. The number of hydrogen-bond acceptors (Lipinski definition) is 6. The number of hydrogen-bond donors (Lipinski definition) is 2. The monoisotopic (exact) mass is 327 g/mol. The Kier molecular flexibility index (Phi) is 3.55.